The molecule has 1 unspecified atom stereocenters. The zero-order valence-corrected chi connectivity index (χ0v) is 18.3. The van der Waals surface area contributed by atoms with Crippen LogP contribution in [-0.4, -0.2) is 19.1 Å². The van der Waals surface area contributed by atoms with Crippen LogP contribution < -0.4 is 5.32 Å². The van der Waals surface area contributed by atoms with Crippen molar-refractivity contribution in [3.63, 3.8) is 0 Å². The van der Waals surface area contributed by atoms with Gasteiger partial charge in [0.2, 0.25) is 0 Å². The van der Waals surface area contributed by atoms with Crippen molar-refractivity contribution < 1.29 is 18.4 Å². The second-order valence-corrected chi connectivity index (χ2v) is 8.94. The van der Waals surface area contributed by atoms with Gasteiger partial charge in [-0.25, -0.2) is 0 Å². The fourth-order valence-electron chi connectivity index (χ4n) is 2.45. The highest BCUT2D eigenvalue weighted by atomic mass is 79.9. The molecule has 0 aliphatic carbocycles. The third kappa shape index (κ3) is 6.29. The third-order valence-electron chi connectivity index (χ3n) is 3.76. The van der Waals surface area contributed by atoms with E-state index >= 15 is 0 Å². The summed E-state index contributed by atoms with van der Waals surface area (Å²) in [5, 5.41) is 11.9. The van der Waals surface area contributed by atoms with Gasteiger partial charge in [-0.1, -0.05) is 35.0 Å². The van der Waals surface area contributed by atoms with Gasteiger partial charge in [-0.2, -0.15) is 5.26 Å². The molecular weight excluding hydrogens is 443 g/mol. The van der Waals surface area contributed by atoms with E-state index in [2.05, 4.69) is 27.3 Å². The maximum absolute atomic E-state index is 12.7. The normalized spacial score (nSPS) is 12.8. The number of carbonyl (C=O) groups is 1. The lowest BCUT2D eigenvalue weighted by Crippen LogP contribution is -2.13. The Morgan fingerprint density at radius 1 is 1.18 bits per heavy atom. The smallest absolute Gasteiger partial charge is 0.321 e. The summed E-state index contributed by atoms with van der Waals surface area (Å²) < 4.78 is 24.3. The molecule has 0 saturated heterocycles. The number of anilines is 1. The number of benzene rings is 2. The lowest BCUT2D eigenvalue weighted by molar-refractivity contribution is 0.102. The van der Waals surface area contributed by atoms with Gasteiger partial charge in [0, 0.05) is 10.0 Å². The van der Waals surface area contributed by atoms with E-state index in [9.17, 15) is 14.6 Å². The Hall–Kier alpha value is -1.97. The monoisotopic (exact) mass is 464 g/mol. The molecule has 0 aliphatic rings. The number of nitrogens with zero attached hydrogens (tertiary/aromatic N) is 1. The molecule has 8 heteroatoms. The molecule has 1 N–H and O–H groups in total. The molecule has 0 aliphatic heterocycles. The van der Waals surface area contributed by atoms with E-state index in [0.717, 1.165) is 16.5 Å². The average Bonchev–Trinajstić information content (AvgIpc) is 2.68. The molecule has 0 radical (unpaired) electrons. The predicted molar refractivity (Wildman–Crippen MR) is 112 cm³/mol. The van der Waals surface area contributed by atoms with Crippen LogP contribution in [0.25, 0.3) is 0 Å². The van der Waals surface area contributed by atoms with Crippen LogP contribution in [0.5, 0.6) is 0 Å². The van der Waals surface area contributed by atoms with Gasteiger partial charge in [0.1, 0.15) is 6.07 Å². The number of hydrogen-bond acceptors (Lipinski definition) is 5. The van der Waals surface area contributed by atoms with Crippen LogP contribution in [0, 0.1) is 11.3 Å². The minimum atomic E-state index is -3.21. The van der Waals surface area contributed by atoms with Crippen LogP contribution in [0.15, 0.2) is 46.9 Å². The highest BCUT2D eigenvalue weighted by Gasteiger charge is 2.24. The maximum Gasteiger partial charge on any atom is 0.335 e. The summed E-state index contributed by atoms with van der Waals surface area (Å²) in [6, 6.07) is 13.8. The Balaban J connectivity index is 2.10. The molecule has 2 rings (SSSR count). The fraction of sp³-hybridized carbons (Fsp3) is 0.300. The molecule has 0 fully saturated rings. The van der Waals surface area contributed by atoms with Crippen LogP contribution in [0.3, 0.4) is 0 Å². The zero-order valence-electron chi connectivity index (χ0n) is 15.8. The van der Waals surface area contributed by atoms with Gasteiger partial charge in [-0.05, 0) is 49.2 Å². The average molecular weight is 465 g/mol. The topological polar surface area (TPSA) is 88.4 Å². The van der Waals surface area contributed by atoms with Crippen LogP contribution in [0.1, 0.15) is 41.8 Å². The van der Waals surface area contributed by atoms with Gasteiger partial charge in [0.05, 0.1) is 30.6 Å². The van der Waals surface area contributed by atoms with E-state index in [-0.39, 0.29) is 12.1 Å². The molecule has 0 saturated carbocycles. The van der Waals surface area contributed by atoms with Gasteiger partial charge in [0.15, 0.2) is 0 Å². The van der Waals surface area contributed by atoms with Gasteiger partial charge >= 0.3 is 7.60 Å². The minimum absolute atomic E-state index is 0.147. The summed E-state index contributed by atoms with van der Waals surface area (Å²) in [5.41, 5.74) is 1.99. The van der Waals surface area contributed by atoms with Crippen molar-refractivity contribution in [2.75, 3.05) is 18.5 Å². The summed E-state index contributed by atoms with van der Waals surface area (Å²) in [7, 11) is -3.21. The first kappa shape index (κ1) is 22.3. The molecule has 0 aromatic heterocycles. The molecule has 0 bridgehead atoms. The second-order valence-electron chi connectivity index (χ2n) is 5.97. The summed E-state index contributed by atoms with van der Waals surface area (Å²) in [6.07, 6.45) is 0.894. The van der Waals surface area contributed by atoms with Crippen molar-refractivity contribution >= 4 is 35.1 Å². The van der Waals surface area contributed by atoms with Gasteiger partial charge in [-0.3, -0.25) is 9.36 Å². The summed E-state index contributed by atoms with van der Waals surface area (Å²) in [6.45, 7) is 4.38. The van der Waals surface area contributed by atoms with Crippen LogP contribution in [-0.2, 0) is 19.8 Å². The van der Waals surface area contributed by atoms with E-state index in [0.29, 0.717) is 30.0 Å². The quantitative estimate of drug-likeness (QED) is 0.478. The molecule has 2 aromatic carbocycles. The van der Waals surface area contributed by atoms with E-state index in [1.54, 1.807) is 49.4 Å². The molecule has 148 valence electrons. The summed E-state index contributed by atoms with van der Waals surface area (Å²) in [5.74, 6) is -0.333. The Labute approximate surface area is 173 Å². The van der Waals surface area contributed by atoms with Crippen LogP contribution in [0.4, 0.5) is 5.69 Å². The Kier molecular flexibility index (Phi) is 8.40. The number of nitriles is 1. The third-order valence-corrected chi connectivity index (χ3v) is 6.23. The number of hydrogen-bond donors (Lipinski definition) is 1. The first-order chi connectivity index (χ1) is 13.4. The standard InChI is InChI=1S/C20H22BrN2O4P/c1-3-11-27-28(25,26-4-2)14-15-5-7-16(8-6-15)20(24)23-19-10-9-18(21)12-17(19)13-22/h5-10,12H,3-4,11,14H2,1-2H3,(H,23,24). The maximum atomic E-state index is 12.7. The molecule has 6 nitrogen and oxygen atoms in total. The van der Waals surface area contributed by atoms with Crippen molar-refractivity contribution in [2.45, 2.75) is 26.4 Å². The number of nitrogens with one attached hydrogen (secondary N) is 1. The van der Waals surface area contributed by atoms with E-state index < -0.39 is 7.60 Å². The van der Waals surface area contributed by atoms with Crippen LogP contribution in [0.2, 0.25) is 0 Å². The lowest BCUT2D eigenvalue weighted by atomic mass is 10.1. The Morgan fingerprint density at radius 3 is 2.50 bits per heavy atom. The van der Waals surface area contributed by atoms with E-state index in [1.165, 1.54) is 0 Å². The Bertz CT molecular complexity index is 909. The highest BCUT2D eigenvalue weighted by molar-refractivity contribution is 9.10. The summed E-state index contributed by atoms with van der Waals surface area (Å²) >= 11 is 3.30. The number of carbonyl (C=O) groups excluding carboxylic acids is 1. The molecule has 1 atom stereocenters. The largest absolute Gasteiger partial charge is 0.335 e. The van der Waals surface area contributed by atoms with Gasteiger partial charge < -0.3 is 14.4 Å². The van der Waals surface area contributed by atoms with Crippen molar-refractivity contribution in [2.24, 2.45) is 0 Å². The number of amides is 1. The molecule has 28 heavy (non-hydrogen) atoms. The predicted octanol–water partition coefficient (Wildman–Crippen LogP) is 5.73. The van der Waals surface area contributed by atoms with E-state index in [1.807, 2.05) is 6.92 Å². The SMILES string of the molecule is CCCOP(=O)(Cc1ccc(C(=O)Nc2ccc(Br)cc2C#N)cc1)OCC. The van der Waals surface area contributed by atoms with Gasteiger partial charge in [0.25, 0.3) is 5.91 Å². The number of halogens is 1. The molecule has 2 aromatic rings. The number of rotatable bonds is 9. The molecule has 1 amide bonds. The Morgan fingerprint density at radius 2 is 1.89 bits per heavy atom. The van der Waals surface area contributed by atoms with Crippen LogP contribution >= 0.6 is 23.5 Å². The molecule has 0 heterocycles. The van der Waals surface area contributed by atoms with Crippen molar-refractivity contribution in [1.29, 1.82) is 5.26 Å². The first-order valence-corrected chi connectivity index (χ1v) is 11.4. The second kappa shape index (κ2) is 10.5. The van der Waals surface area contributed by atoms with Crippen molar-refractivity contribution in [3.8, 4) is 6.07 Å². The van der Waals surface area contributed by atoms with Crippen molar-refractivity contribution in [1.82, 2.24) is 0 Å². The highest BCUT2D eigenvalue weighted by Crippen LogP contribution is 2.51. The minimum Gasteiger partial charge on any atom is -0.321 e. The lowest BCUT2D eigenvalue weighted by Gasteiger charge is -2.17. The summed E-state index contributed by atoms with van der Waals surface area (Å²) in [4.78, 5) is 12.5. The zero-order chi connectivity index (χ0) is 20.6. The van der Waals surface area contributed by atoms with E-state index in [4.69, 9.17) is 9.05 Å². The molecule has 0 spiro atoms. The fourth-order valence-corrected chi connectivity index (χ4v) is 4.58. The first-order valence-electron chi connectivity index (χ1n) is 8.89. The molecular formula is C20H22BrN2O4P. The van der Waals surface area contributed by atoms with Crippen molar-refractivity contribution in [3.05, 3.63) is 63.6 Å². The van der Waals surface area contributed by atoms with Gasteiger partial charge in [-0.15, -0.1) is 0 Å².